The molecule has 0 aliphatic rings. The number of nitrogens with one attached hydrogen (secondary N) is 1. The second kappa shape index (κ2) is 11.4. The second-order valence-corrected chi connectivity index (χ2v) is 15.9. The lowest BCUT2D eigenvalue weighted by Crippen LogP contribution is -1.81. The third-order valence-electron chi connectivity index (χ3n) is 7.18. The molecule has 2 aromatic carbocycles. The summed E-state index contributed by atoms with van der Waals surface area (Å²) in [6.45, 7) is 8.58. The molecule has 6 aromatic heterocycles. The van der Waals surface area contributed by atoms with E-state index in [1.807, 2.05) is 22.7 Å². The van der Waals surface area contributed by atoms with E-state index in [2.05, 4.69) is 127 Å². The van der Waals surface area contributed by atoms with E-state index in [4.69, 9.17) is 0 Å². The lowest BCUT2D eigenvalue weighted by atomic mass is 10.0. The van der Waals surface area contributed by atoms with Gasteiger partial charge in [0.1, 0.15) is 11.0 Å². The van der Waals surface area contributed by atoms with Crippen LogP contribution in [0.5, 0.6) is 0 Å². The van der Waals surface area contributed by atoms with E-state index in [0.29, 0.717) is 0 Å². The minimum absolute atomic E-state index is 1.02. The summed E-state index contributed by atoms with van der Waals surface area (Å²) in [5.74, 6) is 0. The molecular weight excluding hydrogens is 611 g/mol. The molecule has 0 radical (unpaired) electrons. The molecule has 0 aliphatic heterocycles. The van der Waals surface area contributed by atoms with Crippen LogP contribution in [-0.4, -0.2) is 13.7 Å². The topological polar surface area (TPSA) is 41.6 Å². The van der Waals surface area contributed by atoms with Gasteiger partial charge in [0.15, 0.2) is 0 Å². The standard InChI is InChI=1S/C18H15NS2.C16H12N2S3/c1-11-3-7-17(20-11)13-5-6-14(16-10-19-9-15(13)16)18-8-4-12(2)21-18;1-9-3-7-13(19-9)11-5-6-12(14-8-4-10(2)20-14)16-15(11)17-21-18-16/h3-10,19H,1-2H3;3-8H,1-2H3. The van der Waals surface area contributed by atoms with Crippen LogP contribution in [0.3, 0.4) is 0 Å². The van der Waals surface area contributed by atoms with E-state index in [9.17, 15) is 0 Å². The van der Waals surface area contributed by atoms with Crippen molar-refractivity contribution in [3.8, 4) is 41.8 Å². The number of thiophene rings is 4. The van der Waals surface area contributed by atoms with Gasteiger partial charge in [0, 0.05) is 84.4 Å². The van der Waals surface area contributed by atoms with Crippen molar-refractivity contribution in [3.05, 3.63) is 105 Å². The first-order valence-electron chi connectivity index (χ1n) is 13.6. The van der Waals surface area contributed by atoms with E-state index < -0.39 is 0 Å². The Balaban J connectivity index is 0.000000137. The van der Waals surface area contributed by atoms with Gasteiger partial charge in [0.2, 0.25) is 0 Å². The maximum absolute atomic E-state index is 4.54. The van der Waals surface area contributed by atoms with Crippen molar-refractivity contribution in [2.75, 3.05) is 0 Å². The highest BCUT2D eigenvalue weighted by Gasteiger charge is 2.15. The fourth-order valence-electron chi connectivity index (χ4n) is 5.17. The molecule has 6 heterocycles. The smallest absolute Gasteiger partial charge is 0.114 e. The first-order chi connectivity index (χ1) is 20.4. The van der Waals surface area contributed by atoms with Crippen molar-refractivity contribution in [2.24, 2.45) is 0 Å². The Bertz CT molecular complexity index is 1860. The van der Waals surface area contributed by atoms with Crippen LogP contribution in [-0.2, 0) is 0 Å². The number of H-pyrrole nitrogens is 1. The summed E-state index contributed by atoms with van der Waals surface area (Å²) < 4.78 is 9.08. The minimum Gasteiger partial charge on any atom is -0.366 e. The van der Waals surface area contributed by atoms with Crippen molar-refractivity contribution in [1.29, 1.82) is 0 Å². The molecule has 208 valence electrons. The molecule has 0 amide bonds. The zero-order chi connectivity index (χ0) is 28.8. The van der Waals surface area contributed by atoms with Crippen LogP contribution in [0.1, 0.15) is 19.5 Å². The highest BCUT2D eigenvalue weighted by atomic mass is 32.1. The van der Waals surface area contributed by atoms with Crippen molar-refractivity contribution < 1.29 is 0 Å². The van der Waals surface area contributed by atoms with Crippen molar-refractivity contribution in [1.82, 2.24) is 13.7 Å². The number of aromatic amines is 1. The normalized spacial score (nSPS) is 11.3. The number of benzene rings is 2. The average Bonchev–Trinajstić information content (AvgIpc) is 3.82. The van der Waals surface area contributed by atoms with Crippen molar-refractivity contribution in [2.45, 2.75) is 27.7 Å². The molecule has 0 saturated carbocycles. The van der Waals surface area contributed by atoms with Crippen LogP contribution in [0.25, 0.3) is 63.6 Å². The van der Waals surface area contributed by atoms with Crippen LogP contribution in [0.4, 0.5) is 0 Å². The molecule has 0 unspecified atom stereocenters. The van der Waals surface area contributed by atoms with E-state index in [1.54, 1.807) is 22.7 Å². The molecule has 3 nitrogen and oxygen atoms in total. The zero-order valence-electron chi connectivity index (χ0n) is 23.5. The van der Waals surface area contributed by atoms with Gasteiger partial charge in [-0.2, -0.15) is 8.75 Å². The van der Waals surface area contributed by atoms with Gasteiger partial charge < -0.3 is 4.98 Å². The van der Waals surface area contributed by atoms with Crippen LogP contribution >= 0.6 is 57.1 Å². The van der Waals surface area contributed by atoms with Gasteiger partial charge in [-0.05, 0) is 76.2 Å². The molecule has 0 bridgehead atoms. The number of nitrogens with zero attached hydrogens (tertiary/aromatic N) is 2. The van der Waals surface area contributed by atoms with Crippen molar-refractivity contribution >= 4 is 78.9 Å². The molecule has 0 saturated heterocycles. The zero-order valence-corrected chi connectivity index (χ0v) is 27.6. The fraction of sp³-hybridized carbons (Fsp3) is 0.118. The summed E-state index contributed by atoms with van der Waals surface area (Å²) in [6.07, 6.45) is 4.23. The summed E-state index contributed by atoms with van der Waals surface area (Å²) in [6, 6.07) is 26.3. The van der Waals surface area contributed by atoms with Crippen LogP contribution in [0.2, 0.25) is 0 Å². The van der Waals surface area contributed by atoms with Gasteiger partial charge in [-0.15, -0.1) is 45.3 Å². The lowest BCUT2D eigenvalue weighted by molar-refractivity contribution is 1.43. The maximum Gasteiger partial charge on any atom is 0.114 e. The quantitative estimate of drug-likeness (QED) is 0.209. The number of rotatable bonds is 4. The Morgan fingerprint density at radius 2 is 0.762 bits per heavy atom. The SMILES string of the molecule is Cc1ccc(-c2ccc(-c3ccc(C)s3)c3c[nH]cc23)s1.Cc1ccc(-c2ccc(-c3ccc(C)s3)c3nsnc23)s1. The minimum atomic E-state index is 1.02. The highest BCUT2D eigenvalue weighted by molar-refractivity contribution is 7.16. The lowest BCUT2D eigenvalue weighted by Gasteiger charge is -2.05. The van der Waals surface area contributed by atoms with Crippen molar-refractivity contribution in [3.63, 3.8) is 0 Å². The van der Waals surface area contributed by atoms with Crippen LogP contribution in [0.15, 0.2) is 85.2 Å². The molecule has 0 atom stereocenters. The fourth-order valence-corrected chi connectivity index (χ4v) is 9.34. The third kappa shape index (κ3) is 5.18. The highest BCUT2D eigenvalue weighted by Crippen LogP contribution is 2.41. The Morgan fingerprint density at radius 1 is 0.429 bits per heavy atom. The molecule has 0 fully saturated rings. The molecule has 42 heavy (non-hydrogen) atoms. The average molecular weight is 638 g/mol. The summed E-state index contributed by atoms with van der Waals surface area (Å²) in [7, 11) is 0. The molecule has 0 aliphatic carbocycles. The van der Waals surface area contributed by atoms with Gasteiger partial charge in [0.25, 0.3) is 0 Å². The number of hydrogen-bond acceptors (Lipinski definition) is 7. The summed E-state index contributed by atoms with van der Waals surface area (Å²) in [5, 5.41) is 2.61. The Labute approximate surface area is 265 Å². The first-order valence-corrected chi connectivity index (χ1v) is 17.6. The molecule has 8 aromatic rings. The number of aryl methyl sites for hydroxylation is 4. The van der Waals surface area contributed by atoms with E-state index >= 15 is 0 Å². The Kier molecular flexibility index (Phi) is 7.42. The Hall–Kier alpha value is -3.40. The molecule has 8 rings (SSSR count). The van der Waals surface area contributed by atoms with Gasteiger partial charge in [-0.1, -0.05) is 24.3 Å². The van der Waals surface area contributed by atoms with E-state index in [0.717, 1.165) is 11.0 Å². The number of aromatic nitrogens is 3. The van der Waals surface area contributed by atoms with Gasteiger partial charge in [-0.3, -0.25) is 0 Å². The predicted octanol–water partition coefficient (Wildman–Crippen LogP) is 12.0. The maximum atomic E-state index is 4.54. The van der Waals surface area contributed by atoms with Gasteiger partial charge in [0.05, 0.1) is 11.7 Å². The number of hydrogen-bond donors (Lipinski definition) is 1. The summed E-state index contributed by atoms with van der Waals surface area (Å²) in [4.78, 5) is 13.8. The summed E-state index contributed by atoms with van der Waals surface area (Å²) >= 11 is 8.61. The predicted molar refractivity (Wildman–Crippen MR) is 188 cm³/mol. The molecule has 8 heteroatoms. The van der Waals surface area contributed by atoms with E-state index in [-0.39, 0.29) is 0 Å². The van der Waals surface area contributed by atoms with Gasteiger partial charge >= 0.3 is 0 Å². The first kappa shape index (κ1) is 27.4. The third-order valence-corrected chi connectivity index (χ3v) is 11.8. The second-order valence-electron chi connectivity index (χ2n) is 10.2. The number of fused-ring (bicyclic) bond motifs is 2. The largest absolute Gasteiger partial charge is 0.366 e. The molecule has 0 spiro atoms. The molecule has 1 N–H and O–H groups in total. The van der Waals surface area contributed by atoms with Crippen LogP contribution < -0.4 is 0 Å². The Morgan fingerprint density at radius 3 is 1.10 bits per heavy atom. The van der Waals surface area contributed by atoms with Crippen LogP contribution in [0, 0.1) is 27.7 Å². The van der Waals surface area contributed by atoms with E-state index in [1.165, 1.54) is 83.8 Å². The van der Waals surface area contributed by atoms with Gasteiger partial charge in [-0.25, -0.2) is 0 Å². The monoisotopic (exact) mass is 637 g/mol. The molecular formula is C34H27N3S5. The summed E-state index contributed by atoms with van der Waals surface area (Å²) in [5.41, 5.74) is 7.06.